The summed E-state index contributed by atoms with van der Waals surface area (Å²) >= 11 is 0. The highest BCUT2D eigenvalue weighted by Crippen LogP contribution is 2.24. The van der Waals surface area contributed by atoms with Gasteiger partial charge in [0.25, 0.3) is 5.91 Å². The zero-order valence-corrected chi connectivity index (χ0v) is 8.96. The molecule has 0 bridgehead atoms. The monoisotopic (exact) mass is 216 g/mol. The second-order valence-electron chi connectivity index (χ2n) is 3.48. The van der Waals surface area contributed by atoms with Crippen LogP contribution in [0.2, 0.25) is 0 Å². The summed E-state index contributed by atoms with van der Waals surface area (Å²) in [5.41, 5.74) is 3.57. The number of nitrogens with one attached hydrogen (secondary N) is 2. The SMILES string of the molecule is CCOC(=O)NNC(=O)[C@@]1(C)CCCO1. The third-order valence-electron chi connectivity index (χ3n) is 2.25. The Morgan fingerprint density at radius 3 is 2.73 bits per heavy atom. The summed E-state index contributed by atoms with van der Waals surface area (Å²) < 4.78 is 9.87. The van der Waals surface area contributed by atoms with Crippen LogP contribution in [0.3, 0.4) is 0 Å². The topological polar surface area (TPSA) is 76.7 Å². The van der Waals surface area contributed by atoms with Gasteiger partial charge in [-0.15, -0.1) is 0 Å². The first kappa shape index (κ1) is 11.8. The van der Waals surface area contributed by atoms with Gasteiger partial charge in [0, 0.05) is 6.61 Å². The van der Waals surface area contributed by atoms with Gasteiger partial charge in [-0.1, -0.05) is 0 Å². The van der Waals surface area contributed by atoms with Crippen molar-refractivity contribution in [1.82, 2.24) is 10.9 Å². The van der Waals surface area contributed by atoms with Crippen LogP contribution in [0.4, 0.5) is 4.79 Å². The summed E-state index contributed by atoms with van der Waals surface area (Å²) in [6.45, 7) is 4.21. The molecule has 6 heteroatoms. The van der Waals surface area contributed by atoms with Crippen LogP contribution in [-0.2, 0) is 14.3 Å². The Labute approximate surface area is 88.3 Å². The fraction of sp³-hybridized carbons (Fsp3) is 0.778. The molecule has 1 rings (SSSR count). The van der Waals surface area contributed by atoms with E-state index in [0.717, 1.165) is 6.42 Å². The van der Waals surface area contributed by atoms with E-state index in [1.807, 2.05) is 0 Å². The lowest BCUT2D eigenvalue weighted by molar-refractivity contribution is -0.140. The summed E-state index contributed by atoms with van der Waals surface area (Å²) in [6.07, 6.45) is 0.833. The number of hydrogen-bond acceptors (Lipinski definition) is 4. The van der Waals surface area contributed by atoms with Crippen LogP contribution in [0.5, 0.6) is 0 Å². The molecule has 0 aromatic rings. The van der Waals surface area contributed by atoms with E-state index in [4.69, 9.17) is 4.74 Å². The molecule has 0 unspecified atom stereocenters. The van der Waals surface area contributed by atoms with Crippen LogP contribution in [0, 0.1) is 0 Å². The normalized spacial score (nSPS) is 24.7. The number of carbonyl (C=O) groups excluding carboxylic acids is 2. The van der Waals surface area contributed by atoms with Gasteiger partial charge in [0.15, 0.2) is 0 Å². The molecule has 1 heterocycles. The summed E-state index contributed by atoms with van der Waals surface area (Å²) in [4.78, 5) is 22.4. The van der Waals surface area contributed by atoms with Crippen LogP contribution in [-0.4, -0.2) is 30.8 Å². The minimum Gasteiger partial charge on any atom is -0.449 e. The molecule has 0 aromatic carbocycles. The van der Waals surface area contributed by atoms with Gasteiger partial charge >= 0.3 is 6.09 Å². The second-order valence-corrected chi connectivity index (χ2v) is 3.48. The van der Waals surface area contributed by atoms with Gasteiger partial charge in [0.2, 0.25) is 0 Å². The van der Waals surface area contributed by atoms with Crippen molar-refractivity contribution in [3.8, 4) is 0 Å². The molecule has 2 amide bonds. The predicted molar refractivity (Wildman–Crippen MR) is 51.9 cm³/mol. The first-order chi connectivity index (χ1) is 7.08. The minimum absolute atomic E-state index is 0.259. The molecular formula is C9H16N2O4. The molecule has 2 N–H and O–H groups in total. The van der Waals surface area contributed by atoms with Gasteiger partial charge in [-0.05, 0) is 26.7 Å². The average Bonchev–Trinajstić information content (AvgIpc) is 2.63. The number of ether oxygens (including phenoxy) is 2. The minimum atomic E-state index is -0.834. The highest BCUT2D eigenvalue weighted by Gasteiger charge is 2.37. The number of hydrogen-bond donors (Lipinski definition) is 2. The quantitative estimate of drug-likeness (QED) is 0.652. The van der Waals surface area contributed by atoms with Crippen molar-refractivity contribution in [2.75, 3.05) is 13.2 Å². The van der Waals surface area contributed by atoms with Crippen molar-refractivity contribution in [2.45, 2.75) is 32.3 Å². The number of hydrazine groups is 1. The van der Waals surface area contributed by atoms with Crippen molar-refractivity contribution in [2.24, 2.45) is 0 Å². The first-order valence-corrected chi connectivity index (χ1v) is 4.95. The molecule has 6 nitrogen and oxygen atoms in total. The van der Waals surface area contributed by atoms with Crippen LogP contribution in [0.15, 0.2) is 0 Å². The van der Waals surface area contributed by atoms with Gasteiger partial charge in [-0.25, -0.2) is 10.2 Å². The van der Waals surface area contributed by atoms with E-state index < -0.39 is 11.7 Å². The van der Waals surface area contributed by atoms with Crippen molar-refractivity contribution < 1.29 is 19.1 Å². The average molecular weight is 216 g/mol. The molecule has 1 fully saturated rings. The van der Waals surface area contributed by atoms with Crippen molar-refractivity contribution in [3.63, 3.8) is 0 Å². The van der Waals surface area contributed by atoms with Crippen LogP contribution in [0.1, 0.15) is 26.7 Å². The maximum absolute atomic E-state index is 11.6. The lowest BCUT2D eigenvalue weighted by atomic mass is 10.0. The fourth-order valence-corrected chi connectivity index (χ4v) is 1.37. The van der Waals surface area contributed by atoms with E-state index >= 15 is 0 Å². The van der Waals surface area contributed by atoms with Gasteiger partial charge in [-0.2, -0.15) is 0 Å². The summed E-state index contributed by atoms with van der Waals surface area (Å²) in [5, 5.41) is 0. The van der Waals surface area contributed by atoms with E-state index in [-0.39, 0.29) is 12.5 Å². The molecule has 86 valence electrons. The largest absolute Gasteiger partial charge is 0.449 e. The van der Waals surface area contributed by atoms with Crippen LogP contribution >= 0.6 is 0 Å². The Morgan fingerprint density at radius 1 is 1.47 bits per heavy atom. The Balaban J connectivity index is 2.32. The van der Waals surface area contributed by atoms with Gasteiger partial charge in [0.1, 0.15) is 5.60 Å². The van der Waals surface area contributed by atoms with Crippen LogP contribution in [0.25, 0.3) is 0 Å². The third kappa shape index (κ3) is 3.09. The van der Waals surface area contributed by atoms with E-state index in [1.54, 1.807) is 13.8 Å². The number of amides is 2. The lowest BCUT2D eigenvalue weighted by Crippen LogP contribution is -2.51. The lowest BCUT2D eigenvalue weighted by Gasteiger charge is -2.21. The molecule has 0 saturated carbocycles. The molecule has 0 radical (unpaired) electrons. The molecule has 0 aromatic heterocycles. The Bertz CT molecular complexity index is 248. The highest BCUT2D eigenvalue weighted by atomic mass is 16.6. The Kier molecular flexibility index (Phi) is 3.90. The summed E-state index contributed by atoms with van der Waals surface area (Å²) in [7, 11) is 0. The zero-order valence-electron chi connectivity index (χ0n) is 8.96. The standard InChI is InChI=1S/C9H16N2O4/c1-3-14-8(13)11-10-7(12)9(2)5-4-6-15-9/h3-6H2,1-2H3,(H,10,12)(H,11,13)/t9-/m1/s1. The van der Waals surface area contributed by atoms with Crippen molar-refractivity contribution >= 4 is 12.0 Å². The number of rotatable bonds is 2. The van der Waals surface area contributed by atoms with E-state index in [2.05, 4.69) is 15.6 Å². The third-order valence-corrected chi connectivity index (χ3v) is 2.25. The van der Waals surface area contributed by atoms with Gasteiger partial charge in [0.05, 0.1) is 6.61 Å². The van der Waals surface area contributed by atoms with Gasteiger partial charge < -0.3 is 9.47 Å². The van der Waals surface area contributed by atoms with E-state index in [0.29, 0.717) is 13.0 Å². The van der Waals surface area contributed by atoms with Gasteiger partial charge in [-0.3, -0.25) is 10.2 Å². The maximum atomic E-state index is 11.6. The van der Waals surface area contributed by atoms with E-state index in [1.165, 1.54) is 0 Å². The summed E-state index contributed by atoms with van der Waals surface area (Å²) in [5.74, 6) is -0.354. The predicted octanol–water partition coefficient (Wildman–Crippen LogP) is 0.333. The number of carbonyl (C=O) groups is 2. The molecule has 1 atom stereocenters. The molecule has 1 saturated heterocycles. The van der Waals surface area contributed by atoms with Crippen molar-refractivity contribution in [3.05, 3.63) is 0 Å². The molecule has 15 heavy (non-hydrogen) atoms. The van der Waals surface area contributed by atoms with E-state index in [9.17, 15) is 9.59 Å². The first-order valence-electron chi connectivity index (χ1n) is 4.95. The Hall–Kier alpha value is -1.30. The highest BCUT2D eigenvalue weighted by molar-refractivity contribution is 5.86. The maximum Gasteiger partial charge on any atom is 0.426 e. The molecule has 1 aliphatic heterocycles. The fourth-order valence-electron chi connectivity index (χ4n) is 1.37. The second kappa shape index (κ2) is 4.97. The molecule has 0 aliphatic carbocycles. The Morgan fingerprint density at radius 2 is 2.20 bits per heavy atom. The molecule has 0 spiro atoms. The zero-order chi connectivity index (χ0) is 11.3. The summed E-state index contributed by atoms with van der Waals surface area (Å²) in [6, 6.07) is 0. The van der Waals surface area contributed by atoms with Crippen molar-refractivity contribution in [1.29, 1.82) is 0 Å². The van der Waals surface area contributed by atoms with Crippen LogP contribution < -0.4 is 10.9 Å². The molecular weight excluding hydrogens is 200 g/mol. The molecule has 1 aliphatic rings. The smallest absolute Gasteiger partial charge is 0.426 e.